The van der Waals surface area contributed by atoms with Gasteiger partial charge in [-0.15, -0.1) is 0 Å². The SMILES string of the molecule is CCc1nsc(NC(C)C(CC)CC)n1. The van der Waals surface area contributed by atoms with Crippen molar-refractivity contribution in [3.8, 4) is 0 Å². The standard InChI is InChI=1S/C11H21N3S/c1-5-9(6-2)8(4)12-11-13-10(7-3)14-15-11/h8-9H,5-7H2,1-4H3,(H,12,13,14). The van der Waals surface area contributed by atoms with Gasteiger partial charge in [-0.2, -0.15) is 4.37 Å². The van der Waals surface area contributed by atoms with Gasteiger partial charge >= 0.3 is 0 Å². The number of hydrogen-bond donors (Lipinski definition) is 1. The van der Waals surface area contributed by atoms with Gasteiger partial charge in [0, 0.05) is 24.0 Å². The van der Waals surface area contributed by atoms with Crippen molar-refractivity contribution in [2.75, 3.05) is 5.32 Å². The molecule has 0 amide bonds. The molecule has 1 atom stereocenters. The van der Waals surface area contributed by atoms with E-state index in [2.05, 4.69) is 42.4 Å². The summed E-state index contributed by atoms with van der Waals surface area (Å²) in [5, 5.41) is 4.41. The minimum Gasteiger partial charge on any atom is -0.358 e. The van der Waals surface area contributed by atoms with Gasteiger partial charge in [0.05, 0.1) is 0 Å². The van der Waals surface area contributed by atoms with E-state index in [0.29, 0.717) is 6.04 Å². The molecule has 1 rings (SSSR count). The Balaban J connectivity index is 2.53. The van der Waals surface area contributed by atoms with Crippen LogP contribution < -0.4 is 5.32 Å². The largest absolute Gasteiger partial charge is 0.358 e. The number of anilines is 1. The van der Waals surface area contributed by atoms with E-state index >= 15 is 0 Å². The monoisotopic (exact) mass is 227 g/mol. The molecule has 0 aliphatic rings. The van der Waals surface area contributed by atoms with E-state index in [1.807, 2.05) is 0 Å². The Morgan fingerprint density at radius 1 is 1.27 bits per heavy atom. The highest BCUT2D eigenvalue weighted by Crippen LogP contribution is 2.19. The minimum absolute atomic E-state index is 0.484. The normalized spacial score (nSPS) is 13.1. The maximum Gasteiger partial charge on any atom is 0.202 e. The second kappa shape index (κ2) is 6.05. The first-order chi connectivity index (χ1) is 7.21. The van der Waals surface area contributed by atoms with E-state index in [9.17, 15) is 0 Å². The van der Waals surface area contributed by atoms with Crippen molar-refractivity contribution in [1.82, 2.24) is 9.36 Å². The lowest BCUT2D eigenvalue weighted by molar-refractivity contribution is 0.437. The van der Waals surface area contributed by atoms with Crippen molar-refractivity contribution in [2.45, 2.75) is 53.0 Å². The van der Waals surface area contributed by atoms with Crippen molar-refractivity contribution < 1.29 is 0 Å². The van der Waals surface area contributed by atoms with Crippen LogP contribution >= 0.6 is 11.5 Å². The Kier molecular flexibility index (Phi) is 5.02. The third-order valence-electron chi connectivity index (χ3n) is 2.89. The summed E-state index contributed by atoms with van der Waals surface area (Å²) < 4.78 is 4.27. The maximum atomic E-state index is 4.42. The van der Waals surface area contributed by atoms with E-state index in [1.54, 1.807) is 0 Å². The zero-order valence-electron chi connectivity index (χ0n) is 10.1. The molecule has 0 fully saturated rings. The van der Waals surface area contributed by atoms with Crippen LogP contribution in [0.15, 0.2) is 0 Å². The predicted octanol–water partition coefficient (Wildman–Crippen LogP) is 3.34. The molecule has 0 aliphatic carbocycles. The average molecular weight is 227 g/mol. The Bertz CT molecular complexity index is 281. The highest BCUT2D eigenvalue weighted by molar-refractivity contribution is 7.09. The van der Waals surface area contributed by atoms with E-state index in [4.69, 9.17) is 0 Å². The molecule has 1 aromatic rings. The molecule has 86 valence electrons. The minimum atomic E-state index is 0.484. The first kappa shape index (κ1) is 12.4. The van der Waals surface area contributed by atoms with Crippen LogP contribution in [0.3, 0.4) is 0 Å². The second-order valence-corrected chi connectivity index (χ2v) is 4.63. The quantitative estimate of drug-likeness (QED) is 0.810. The Labute approximate surface area is 96.5 Å². The van der Waals surface area contributed by atoms with Crippen LogP contribution in [0.4, 0.5) is 5.13 Å². The van der Waals surface area contributed by atoms with Crippen molar-refractivity contribution in [3.63, 3.8) is 0 Å². The Morgan fingerprint density at radius 3 is 2.40 bits per heavy atom. The lowest BCUT2D eigenvalue weighted by atomic mass is 9.96. The van der Waals surface area contributed by atoms with Crippen LogP contribution in [0.2, 0.25) is 0 Å². The molecule has 0 spiro atoms. The first-order valence-corrected chi connectivity index (χ1v) is 6.57. The van der Waals surface area contributed by atoms with Gasteiger partial charge in [-0.3, -0.25) is 0 Å². The zero-order valence-corrected chi connectivity index (χ0v) is 10.9. The molecule has 0 aromatic carbocycles. The number of hydrogen-bond acceptors (Lipinski definition) is 4. The van der Waals surface area contributed by atoms with Crippen molar-refractivity contribution in [3.05, 3.63) is 5.82 Å². The highest BCUT2D eigenvalue weighted by atomic mass is 32.1. The van der Waals surface area contributed by atoms with Gasteiger partial charge < -0.3 is 5.32 Å². The molecule has 1 aromatic heterocycles. The van der Waals surface area contributed by atoms with Crippen molar-refractivity contribution in [2.24, 2.45) is 5.92 Å². The Hall–Kier alpha value is -0.640. The Morgan fingerprint density at radius 2 is 1.93 bits per heavy atom. The smallest absolute Gasteiger partial charge is 0.202 e. The average Bonchev–Trinajstić information content (AvgIpc) is 2.67. The second-order valence-electron chi connectivity index (χ2n) is 3.88. The van der Waals surface area contributed by atoms with E-state index in [1.165, 1.54) is 24.4 Å². The number of aryl methyl sites for hydroxylation is 1. The van der Waals surface area contributed by atoms with Gasteiger partial charge in [-0.05, 0) is 12.8 Å². The fourth-order valence-electron chi connectivity index (χ4n) is 1.76. The summed E-state index contributed by atoms with van der Waals surface area (Å²) in [6.07, 6.45) is 3.34. The predicted molar refractivity (Wildman–Crippen MR) is 66.4 cm³/mol. The summed E-state index contributed by atoms with van der Waals surface area (Å²) in [6, 6.07) is 0.484. The van der Waals surface area contributed by atoms with Gasteiger partial charge in [0.15, 0.2) is 0 Å². The molecule has 0 radical (unpaired) electrons. The molecular formula is C11H21N3S. The van der Waals surface area contributed by atoms with Gasteiger partial charge in [0.25, 0.3) is 0 Å². The maximum absolute atomic E-state index is 4.42. The highest BCUT2D eigenvalue weighted by Gasteiger charge is 2.14. The third-order valence-corrected chi connectivity index (χ3v) is 3.58. The third kappa shape index (κ3) is 3.45. The molecule has 3 nitrogen and oxygen atoms in total. The van der Waals surface area contributed by atoms with Crippen LogP contribution in [-0.2, 0) is 6.42 Å². The molecule has 15 heavy (non-hydrogen) atoms. The van der Waals surface area contributed by atoms with Crippen LogP contribution in [0.5, 0.6) is 0 Å². The summed E-state index contributed by atoms with van der Waals surface area (Å²) >= 11 is 1.47. The molecule has 0 saturated heterocycles. The van der Waals surface area contributed by atoms with Gasteiger partial charge in [-0.25, -0.2) is 4.98 Å². The molecular weight excluding hydrogens is 206 g/mol. The molecule has 4 heteroatoms. The summed E-state index contributed by atoms with van der Waals surface area (Å²) in [5.41, 5.74) is 0. The van der Waals surface area contributed by atoms with Gasteiger partial charge in [-0.1, -0.05) is 33.6 Å². The van der Waals surface area contributed by atoms with Gasteiger partial charge in [0.2, 0.25) is 5.13 Å². The molecule has 1 heterocycles. The van der Waals surface area contributed by atoms with Crippen molar-refractivity contribution in [1.29, 1.82) is 0 Å². The fraction of sp³-hybridized carbons (Fsp3) is 0.818. The van der Waals surface area contributed by atoms with E-state index < -0.39 is 0 Å². The van der Waals surface area contributed by atoms with E-state index in [-0.39, 0.29) is 0 Å². The number of nitrogens with zero attached hydrogens (tertiary/aromatic N) is 2. The topological polar surface area (TPSA) is 37.8 Å². The summed E-state index contributed by atoms with van der Waals surface area (Å²) in [4.78, 5) is 4.42. The van der Waals surface area contributed by atoms with Crippen molar-refractivity contribution >= 4 is 16.7 Å². The van der Waals surface area contributed by atoms with Crippen LogP contribution in [0, 0.1) is 5.92 Å². The van der Waals surface area contributed by atoms with Crippen LogP contribution in [0.1, 0.15) is 46.4 Å². The van der Waals surface area contributed by atoms with Gasteiger partial charge in [0.1, 0.15) is 5.82 Å². The molecule has 1 unspecified atom stereocenters. The zero-order chi connectivity index (χ0) is 11.3. The molecule has 0 saturated carbocycles. The fourth-order valence-corrected chi connectivity index (χ4v) is 2.51. The number of nitrogens with one attached hydrogen (secondary N) is 1. The summed E-state index contributed by atoms with van der Waals surface area (Å²) in [7, 11) is 0. The van der Waals surface area contributed by atoms with E-state index in [0.717, 1.165) is 23.3 Å². The molecule has 0 aliphatic heterocycles. The molecule has 1 N–H and O–H groups in total. The van der Waals surface area contributed by atoms with Crippen LogP contribution in [-0.4, -0.2) is 15.4 Å². The summed E-state index contributed by atoms with van der Waals surface area (Å²) in [6.45, 7) is 8.79. The first-order valence-electron chi connectivity index (χ1n) is 5.80. The lowest BCUT2D eigenvalue weighted by Gasteiger charge is -2.21. The molecule has 0 bridgehead atoms. The van der Waals surface area contributed by atoms with Crippen LogP contribution in [0.25, 0.3) is 0 Å². The number of rotatable bonds is 6. The number of aromatic nitrogens is 2. The summed E-state index contributed by atoms with van der Waals surface area (Å²) in [5.74, 6) is 1.67. The lowest BCUT2D eigenvalue weighted by Crippen LogP contribution is -2.24.